The first-order valence-corrected chi connectivity index (χ1v) is 6.31. The van der Waals surface area contributed by atoms with Gasteiger partial charge in [-0.1, -0.05) is 0 Å². The molecule has 2 rings (SSSR count). The van der Waals surface area contributed by atoms with Crippen molar-refractivity contribution < 1.29 is 4.74 Å². The third-order valence-electron chi connectivity index (χ3n) is 3.37. The molecule has 0 spiro atoms. The molecule has 4 nitrogen and oxygen atoms in total. The fraction of sp³-hybridized carbons (Fsp3) is 0.909. The number of hydrogen-bond acceptors (Lipinski definition) is 4. The Morgan fingerprint density at radius 1 is 1.38 bits per heavy atom. The van der Waals surface area contributed by atoms with Crippen LogP contribution in [-0.2, 0) is 4.74 Å². The van der Waals surface area contributed by atoms with E-state index in [9.17, 15) is 0 Å². The van der Waals surface area contributed by atoms with E-state index in [2.05, 4.69) is 15.9 Å². The van der Waals surface area contributed by atoms with Gasteiger partial charge in [0.1, 0.15) is 5.38 Å². The summed E-state index contributed by atoms with van der Waals surface area (Å²) in [6.07, 6.45) is 1.19. The molecule has 0 aromatic heterocycles. The molecule has 0 saturated carbocycles. The van der Waals surface area contributed by atoms with Gasteiger partial charge in [-0.25, -0.2) is 0 Å². The van der Waals surface area contributed by atoms with E-state index in [0.717, 1.165) is 39.4 Å². The van der Waals surface area contributed by atoms with Crippen molar-refractivity contribution in [1.82, 2.24) is 9.80 Å². The van der Waals surface area contributed by atoms with Gasteiger partial charge in [0.25, 0.3) is 0 Å². The third kappa shape index (κ3) is 3.08. The molecular weight excluding hydrogens is 226 g/mol. The summed E-state index contributed by atoms with van der Waals surface area (Å²) in [5, 5.41) is 8.30. The Bertz CT molecular complexity index is 262. The summed E-state index contributed by atoms with van der Waals surface area (Å²) in [6, 6.07) is 2.71. The Hall–Kier alpha value is -0.340. The molecule has 16 heavy (non-hydrogen) atoms. The number of nitrogens with zero attached hydrogens (tertiary/aromatic N) is 3. The van der Waals surface area contributed by atoms with E-state index in [1.54, 1.807) is 0 Å². The maximum absolute atomic E-state index is 8.67. The molecule has 0 aromatic rings. The van der Waals surface area contributed by atoms with Crippen LogP contribution >= 0.6 is 11.6 Å². The van der Waals surface area contributed by atoms with Crippen LogP contribution < -0.4 is 0 Å². The fourth-order valence-corrected chi connectivity index (χ4v) is 2.68. The van der Waals surface area contributed by atoms with Gasteiger partial charge < -0.3 is 4.74 Å². The molecule has 2 saturated heterocycles. The molecule has 2 fully saturated rings. The van der Waals surface area contributed by atoms with E-state index in [1.807, 2.05) is 0 Å². The molecule has 2 heterocycles. The van der Waals surface area contributed by atoms with E-state index >= 15 is 0 Å². The van der Waals surface area contributed by atoms with E-state index in [1.165, 1.54) is 6.42 Å². The Balaban J connectivity index is 1.76. The standard InChI is InChI=1S/C11H18ClN3O/c12-10(7-13)8-14-2-1-11(9-14)15-3-5-16-6-4-15/h10-11H,1-6,8-9H2. The van der Waals surface area contributed by atoms with Gasteiger partial charge in [-0.3, -0.25) is 9.80 Å². The zero-order valence-electron chi connectivity index (χ0n) is 9.44. The molecule has 2 atom stereocenters. The van der Waals surface area contributed by atoms with Crippen LogP contribution in [0.5, 0.6) is 0 Å². The van der Waals surface area contributed by atoms with Gasteiger partial charge in [-0.15, -0.1) is 11.6 Å². The van der Waals surface area contributed by atoms with Crippen molar-refractivity contribution in [2.24, 2.45) is 0 Å². The predicted octanol–water partition coefficient (Wildman–Crippen LogP) is 0.524. The maximum atomic E-state index is 8.67. The van der Waals surface area contributed by atoms with Gasteiger partial charge in [0.2, 0.25) is 0 Å². The summed E-state index contributed by atoms with van der Waals surface area (Å²) in [6.45, 7) is 6.60. The smallest absolute Gasteiger partial charge is 0.133 e. The molecule has 2 unspecified atom stereocenters. The van der Waals surface area contributed by atoms with E-state index in [4.69, 9.17) is 21.6 Å². The summed E-state index contributed by atoms with van der Waals surface area (Å²) < 4.78 is 5.35. The number of ether oxygens (including phenoxy) is 1. The van der Waals surface area contributed by atoms with Crippen molar-refractivity contribution in [2.75, 3.05) is 45.9 Å². The molecule has 2 aliphatic heterocycles. The number of morpholine rings is 1. The molecule has 90 valence electrons. The first-order chi connectivity index (χ1) is 7.79. The van der Waals surface area contributed by atoms with Crippen LogP contribution in [0.2, 0.25) is 0 Å². The Morgan fingerprint density at radius 3 is 2.81 bits per heavy atom. The Kier molecular flexibility index (Phi) is 4.42. The monoisotopic (exact) mass is 243 g/mol. The maximum Gasteiger partial charge on any atom is 0.133 e. The van der Waals surface area contributed by atoms with Crippen molar-refractivity contribution in [2.45, 2.75) is 17.8 Å². The summed E-state index contributed by atoms with van der Waals surface area (Å²) >= 11 is 5.84. The quantitative estimate of drug-likeness (QED) is 0.678. The average Bonchev–Trinajstić information content (AvgIpc) is 2.78. The highest BCUT2D eigenvalue weighted by Gasteiger charge is 2.29. The second-order valence-corrected chi connectivity index (χ2v) is 4.97. The highest BCUT2D eigenvalue weighted by Crippen LogP contribution is 2.17. The van der Waals surface area contributed by atoms with E-state index < -0.39 is 0 Å². The molecule has 0 radical (unpaired) electrons. The van der Waals surface area contributed by atoms with Gasteiger partial charge >= 0.3 is 0 Å². The lowest BCUT2D eigenvalue weighted by molar-refractivity contribution is 0.0186. The average molecular weight is 244 g/mol. The zero-order chi connectivity index (χ0) is 11.4. The number of hydrogen-bond donors (Lipinski definition) is 0. The number of nitriles is 1. The van der Waals surface area contributed by atoms with Crippen LogP contribution in [0.25, 0.3) is 0 Å². The summed E-state index contributed by atoms with van der Waals surface area (Å²) in [7, 11) is 0. The molecule has 5 heteroatoms. The van der Waals surface area contributed by atoms with Crippen LogP contribution in [0, 0.1) is 11.3 Å². The SMILES string of the molecule is N#CC(Cl)CN1CCC(N2CCOCC2)C1. The molecular formula is C11H18ClN3O. The number of likely N-dealkylation sites (tertiary alicyclic amines) is 1. The fourth-order valence-electron chi connectivity index (χ4n) is 2.49. The minimum Gasteiger partial charge on any atom is -0.379 e. The zero-order valence-corrected chi connectivity index (χ0v) is 10.2. The van der Waals surface area contributed by atoms with Gasteiger partial charge in [-0.2, -0.15) is 5.26 Å². The number of halogens is 1. The third-order valence-corrected chi connectivity index (χ3v) is 3.60. The topological polar surface area (TPSA) is 39.5 Å². The van der Waals surface area contributed by atoms with E-state index in [-0.39, 0.29) is 5.38 Å². The van der Waals surface area contributed by atoms with Crippen LogP contribution in [0.4, 0.5) is 0 Å². The Morgan fingerprint density at radius 2 is 2.12 bits per heavy atom. The lowest BCUT2D eigenvalue weighted by Gasteiger charge is -2.32. The lowest BCUT2D eigenvalue weighted by Crippen LogP contribution is -2.45. The number of alkyl halides is 1. The van der Waals surface area contributed by atoms with Crippen molar-refractivity contribution in [1.29, 1.82) is 5.26 Å². The second-order valence-electron chi connectivity index (χ2n) is 4.45. The number of rotatable bonds is 3. The summed E-state index contributed by atoms with van der Waals surface area (Å²) in [5.74, 6) is 0. The highest BCUT2D eigenvalue weighted by atomic mass is 35.5. The van der Waals surface area contributed by atoms with Crippen molar-refractivity contribution >= 4 is 11.6 Å². The first-order valence-electron chi connectivity index (χ1n) is 5.87. The van der Waals surface area contributed by atoms with Crippen LogP contribution in [0.1, 0.15) is 6.42 Å². The molecule has 2 aliphatic rings. The largest absolute Gasteiger partial charge is 0.379 e. The van der Waals surface area contributed by atoms with Crippen molar-refractivity contribution in [3.8, 4) is 6.07 Å². The van der Waals surface area contributed by atoms with E-state index in [0.29, 0.717) is 12.6 Å². The van der Waals surface area contributed by atoms with Crippen molar-refractivity contribution in [3.63, 3.8) is 0 Å². The van der Waals surface area contributed by atoms with Crippen LogP contribution in [0.3, 0.4) is 0 Å². The summed E-state index contributed by atoms with van der Waals surface area (Å²) in [5.41, 5.74) is 0. The van der Waals surface area contributed by atoms with Gasteiger partial charge in [0.15, 0.2) is 0 Å². The molecule has 0 aromatic carbocycles. The normalized spacial score (nSPS) is 30.1. The predicted molar refractivity (Wildman–Crippen MR) is 62.5 cm³/mol. The highest BCUT2D eigenvalue weighted by molar-refractivity contribution is 6.22. The second kappa shape index (κ2) is 5.83. The van der Waals surface area contributed by atoms with Crippen molar-refractivity contribution in [3.05, 3.63) is 0 Å². The van der Waals surface area contributed by atoms with Crippen LogP contribution in [-0.4, -0.2) is 67.2 Å². The Labute approximate surface area is 102 Å². The molecule has 0 aliphatic carbocycles. The van der Waals surface area contributed by atoms with Gasteiger partial charge in [0, 0.05) is 32.2 Å². The minimum absolute atomic E-state index is 0.372. The lowest BCUT2D eigenvalue weighted by atomic mass is 10.2. The first kappa shape index (κ1) is 12.1. The van der Waals surface area contributed by atoms with Crippen LogP contribution in [0.15, 0.2) is 0 Å². The molecule has 0 amide bonds. The summed E-state index contributed by atoms with van der Waals surface area (Å²) in [4.78, 5) is 4.79. The molecule has 0 bridgehead atoms. The van der Waals surface area contributed by atoms with Gasteiger partial charge in [-0.05, 0) is 13.0 Å². The molecule has 0 N–H and O–H groups in total. The van der Waals surface area contributed by atoms with Gasteiger partial charge in [0.05, 0.1) is 19.3 Å². The minimum atomic E-state index is -0.372.